The quantitative estimate of drug-likeness (QED) is 0.252. The van der Waals surface area contributed by atoms with E-state index in [1.54, 1.807) is 0 Å². The van der Waals surface area contributed by atoms with Crippen molar-refractivity contribution < 1.29 is 0 Å². The SMILES string of the molecule is c1ccc(P(c2ccccc2)c2cccc(-c3cccc(P(c4ccccc4)c4ccccc4)n3)n2)cc1. The van der Waals surface area contributed by atoms with Crippen LogP contribution in [0.25, 0.3) is 11.4 Å². The van der Waals surface area contributed by atoms with Gasteiger partial charge in [-0.3, -0.25) is 0 Å². The molecule has 0 saturated carbocycles. The van der Waals surface area contributed by atoms with E-state index in [2.05, 4.69) is 158 Å². The molecule has 0 aliphatic heterocycles. The molecule has 6 aromatic rings. The molecule has 4 aromatic carbocycles. The standard InChI is InChI=1S/C34H26N2P2/c1-5-15-27(16-6-1)37(28-17-7-2-8-18-28)33-25-13-23-31(35-33)32-24-14-26-34(36-32)38(29-19-9-3-10-20-29)30-21-11-4-12-22-30/h1-26H. The normalized spacial score (nSPS) is 11.1. The van der Waals surface area contributed by atoms with Crippen molar-refractivity contribution >= 4 is 47.9 Å². The summed E-state index contributed by atoms with van der Waals surface area (Å²) in [5, 5.41) is 5.15. The van der Waals surface area contributed by atoms with Crippen LogP contribution in [-0.4, -0.2) is 9.97 Å². The Hall–Kier alpha value is -3.96. The number of hydrogen-bond donors (Lipinski definition) is 0. The van der Waals surface area contributed by atoms with E-state index in [1.807, 2.05) is 0 Å². The summed E-state index contributed by atoms with van der Waals surface area (Å²) in [6.45, 7) is 0. The molecule has 4 heteroatoms. The molecular formula is C34H26N2P2. The van der Waals surface area contributed by atoms with Gasteiger partial charge in [-0.1, -0.05) is 133 Å². The van der Waals surface area contributed by atoms with Crippen molar-refractivity contribution in [1.82, 2.24) is 9.97 Å². The summed E-state index contributed by atoms with van der Waals surface area (Å²) in [6, 6.07) is 55.5. The van der Waals surface area contributed by atoms with E-state index in [4.69, 9.17) is 9.97 Å². The molecule has 0 spiro atoms. The lowest BCUT2D eigenvalue weighted by Gasteiger charge is -2.20. The fraction of sp³-hybridized carbons (Fsp3) is 0. The first kappa shape index (κ1) is 24.4. The van der Waals surface area contributed by atoms with Crippen LogP contribution >= 0.6 is 15.8 Å². The van der Waals surface area contributed by atoms with Gasteiger partial charge in [0.2, 0.25) is 0 Å². The molecule has 0 N–H and O–H groups in total. The van der Waals surface area contributed by atoms with Crippen molar-refractivity contribution in [3.63, 3.8) is 0 Å². The molecule has 0 fully saturated rings. The van der Waals surface area contributed by atoms with E-state index < -0.39 is 15.8 Å². The van der Waals surface area contributed by atoms with E-state index in [9.17, 15) is 0 Å². The van der Waals surface area contributed by atoms with Crippen LogP contribution in [-0.2, 0) is 0 Å². The predicted octanol–water partition coefficient (Wildman–Crippen LogP) is 5.66. The summed E-state index contributed by atoms with van der Waals surface area (Å²) >= 11 is 0. The Kier molecular flexibility index (Phi) is 7.45. The first-order valence-electron chi connectivity index (χ1n) is 12.6. The highest BCUT2D eigenvalue weighted by Gasteiger charge is 2.20. The second-order valence-electron chi connectivity index (χ2n) is 8.78. The van der Waals surface area contributed by atoms with E-state index in [0.717, 1.165) is 22.3 Å². The smallest absolute Gasteiger partial charge is 0.0894 e. The number of hydrogen-bond acceptors (Lipinski definition) is 2. The van der Waals surface area contributed by atoms with Gasteiger partial charge in [-0.25, -0.2) is 9.97 Å². The third kappa shape index (κ3) is 5.34. The molecule has 182 valence electrons. The number of rotatable bonds is 7. The van der Waals surface area contributed by atoms with Crippen molar-refractivity contribution in [3.05, 3.63) is 158 Å². The Morgan fingerprint density at radius 1 is 0.289 bits per heavy atom. The molecule has 0 bridgehead atoms. The van der Waals surface area contributed by atoms with Gasteiger partial charge in [0.05, 0.1) is 22.3 Å². The maximum atomic E-state index is 5.22. The van der Waals surface area contributed by atoms with Crippen LogP contribution in [0.3, 0.4) is 0 Å². The minimum Gasteiger partial charge on any atom is -0.246 e. The molecule has 38 heavy (non-hydrogen) atoms. The zero-order valence-corrected chi connectivity index (χ0v) is 22.6. The minimum atomic E-state index is -0.780. The van der Waals surface area contributed by atoms with Crippen LogP contribution in [0.1, 0.15) is 0 Å². The zero-order valence-electron chi connectivity index (χ0n) is 20.8. The molecule has 0 saturated heterocycles. The monoisotopic (exact) mass is 524 g/mol. The third-order valence-corrected chi connectivity index (χ3v) is 10.9. The Labute approximate surface area is 226 Å². The van der Waals surface area contributed by atoms with Crippen molar-refractivity contribution in [1.29, 1.82) is 0 Å². The van der Waals surface area contributed by atoms with Crippen LogP contribution in [0, 0.1) is 0 Å². The van der Waals surface area contributed by atoms with Crippen LogP contribution in [0.5, 0.6) is 0 Å². The lowest BCUT2D eigenvalue weighted by molar-refractivity contribution is 1.30. The molecule has 2 heterocycles. The number of nitrogens with zero attached hydrogens (tertiary/aromatic N) is 2. The van der Waals surface area contributed by atoms with Gasteiger partial charge < -0.3 is 0 Å². The lowest BCUT2D eigenvalue weighted by Crippen LogP contribution is -2.24. The Morgan fingerprint density at radius 2 is 0.579 bits per heavy atom. The highest BCUT2D eigenvalue weighted by atomic mass is 31.1. The maximum Gasteiger partial charge on any atom is 0.0894 e. The average Bonchev–Trinajstić information content (AvgIpc) is 3.00. The van der Waals surface area contributed by atoms with E-state index in [-0.39, 0.29) is 0 Å². The van der Waals surface area contributed by atoms with E-state index in [1.165, 1.54) is 21.2 Å². The minimum absolute atomic E-state index is 0.780. The predicted molar refractivity (Wildman–Crippen MR) is 165 cm³/mol. The zero-order chi connectivity index (χ0) is 25.6. The van der Waals surface area contributed by atoms with Crippen molar-refractivity contribution in [2.45, 2.75) is 0 Å². The van der Waals surface area contributed by atoms with E-state index in [0.29, 0.717) is 0 Å². The fourth-order valence-electron chi connectivity index (χ4n) is 4.52. The van der Waals surface area contributed by atoms with Crippen LogP contribution < -0.4 is 32.1 Å². The van der Waals surface area contributed by atoms with E-state index >= 15 is 0 Å². The van der Waals surface area contributed by atoms with Gasteiger partial charge in [0.15, 0.2) is 0 Å². The van der Waals surface area contributed by atoms with Gasteiger partial charge in [0.1, 0.15) is 0 Å². The van der Waals surface area contributed by atoms with Gasteiger partial charge in [-0.15, -0.1) is 0 Å². The Balaban J connectivity index is 1.43. The summed E-state index contributed by atoms with van der Waals surface area (Å²) < 4.78 is 0. The van der Waals surface area contributed by atoms with Crippen LogP contribution in [0.4, 0.5) is 0 Å². The summed E-state index contributed by atoms with van der Waals surface area (Å²) in [7, 11) is -1.56. The molecule has 0 atom stereocenters. The largest absolute Gasteiger partial charge is 0.246 e. The van der Waals surface area contributed by atoms with Gasteiger partial charge in [0.25, 0.3) is 0 Å². The number of aromatic nitrogens is 2. The molecular weight excluding hydrogens is 498 g/mol. The first-order valence-corrected chi connectivity index (χ1v) is 15.3. The van der Waals surface area contributed by atoms with Crippen LogP contribution in [0.15, 0.2) is 158 Å². The molecule has 0 unspecified atom stereocenters. The molecule has 0 aliphatic carbocycles. The highest BCUT2D eigenvalue weighted by Crippen LogP contribution is 2.34. The Morgan fingerprint density at radius 3 is 0.868 bits per heavy atom. The molecule has 0 amide bonds. The molecule has 2 nitrogen and oxygen atoms in total. The van der Waals surface area contributed by atoms with Crippen molar-refractivity contribution in [3.8, 4) is 11.4 Å². The average molecular weight is 525 g/mol. The third-order valence-electron chi connectivity index (χ3n) is 6.25. The summed E-state index contributed by atoms with van der Waals surface area (Å²) in [5.74, 6) is 0. The summed E-state index contributed by atoms with van der Waals surface area (Å²) in [4.78, 5) is 10.4. The maximum absolute atomic E-state index is 5.22. The van der Waals surface area contributed by atoms with Gasteiger partial charge in [0, 0.05) is 15.8 Å². The molecule has 0 radical (unpaired) electrons. The van der Waals surface area contributed by atoms with Gasteiger partial charge in [-0.05, 0) is 45.5 Å². The molecule has 0 aliphatic rings. The topological polar surface area (TPSA) is 25.8 Å². The number of pyridine rings is 2. The second kappa shape index (κ2) is 11.6. The van der Waals surface area contributed by atoms with Crippen molar-refractivity contribution in [2.75, 3.05) is 0 Å². The van der Waals surface area contributed by atoms with Gasteiger partial charge in [-0.2, -0.15) is 0 Å². The number of benzene rings is 4. The summed E-state index contributed by atoms with van der Waals surface area (Å²) in [5.41, 5.74) is 3.96. The molecule has 2 aromatic heterocycles. The Bertz CT molecular complexity index is 1410. The highest BCUT2D eigenvalue weighted by molar-refractivity contribution is 7.80. The molecule has 6 rings (SSSR count). The summed E-state index contributed by atoms with van der Waals surface area (Å²) in [6.07, 6.45) is 0. The lowest BCUT2D eigenvalue weighted by atomic mass is 10.2. The van der Waals surface area contributed by atoms with Crippen molar-refractivity contribution in [2.24, 2.45) is 0 Å². The van der Waals surface area contributed by atoms with Gasteiger partial charge >= 0.3 is 0 Å². The second-order valence-corrected chi connectivity index (χ2v) is 13.1. The van der Waals surface area contributed by atoms with Crippen LogP contribution in [0.2, 0.25) is 0 Å². The fourth-order valence-corrected chi connectivity index (χ4v) is 8.94. The first-order chi connectivity index (χ1) is 18.9.